The van der Waals surface area contributed by atoms with E-state index < -0.39 is 7.04 Å². The fourth-order valence-electron chi connectivity index (χ4n) is 1.15. The molecule has 4 nitrogen and oxygen atoms in total. The SMILES string of the molecule is [2H]C([2H])([2H])Oc1cc2nc[nH]c(=O)c2cc1Br. The van der Waals surface area contributed by atoms with Crippen molar-refractivity contribution in [1.29, 1.82) is 0 Å². The molecule has 14 heavy (non-hydrogen) atoms. The first-order valence-corrected chi connectivity index (χ1v) is 4.52. The maximum Gasteiger partial charge on any atom is 0.258 e. The van der Waals surface area contributed by atoms with Crippen molar-refractivity contribution in [3.63, 3.8) is 0 Å². The summed E-state index contributed by atoms with van der Waals surface area (Å²) in [4.78, 5) is 17.8. The Hall–Kier alpha value is -1.36. The number of nitrogens with one attached hydrogen (secondary N) is 1. The second kappa shape index (κ2) is 3.42. The lowest BCUT2D eigenvalue weighted by Gasteiger charge is -2.03. The van der Waals surface area contributed by atoms with Gasteiger partial charge >= 0.3 is 0 Å². The van der Waals surface area contributed by atoms with Gasteiger partial charge in [0.05, 0.1) is 32.9 Å². The van der Waals surface area contributed by atoms with E-state index in [-0.39, 0.29) is 11.3 Å². The predicted molar refractivity (Wildman–Crippen MR) is 56.6 cm³/mol. The lowest BCUT2D eigenvalue weighted by molar-refractivity contribution is 0.412. The quantitative estimate of drug-likeness (QED) is 0.846. The summed E-state index contributed by atoms with van der Waals surface area (Å²) in [5, 5.41) is 0.359. The van der Waals surface area contributed by atoms with Crippen LogP contribution in [-0.2, 0) is 0 Å². The van der Waals surface area contributed by atoms with Gasteiger partial charge in [0.1, 0.15) is 5.75 Å². The first-order chi connectivity index (χ1) is 7.87. The number of hydrogen-bond donors (Lipinski definition) is 1. The van der Waals surface area contributed by atoms with Gasteiger partial charge in [-0.2, -0.15) is 0 Å². The van der Waals surface area contributed by atoms with Gasteiger partial charge in [-0.05, 0) is 22.0 Å². The van der Waals surface area contributed by atoms with Crippen molar-refractivity contribution in [3.8, 4) is 5.75 Å². The molecule has 0 fully saturated rings. The predicted octanol–water partition coefficient (Wildman–Crippen LogP) is 1.69. The number of hydrogen-bond acceptors (Lipinski definition) is 3. The molecule has 1 aromatic carbocycles. The lowest BCUT2D eigenvalue weighted by Crippen LogP contribution is -2.06. The minimum Gasteiger partial charge on any atom is -0.495 e. The first kappa shape index (κ1) is 6.19. The molecule has 5 heteroatoms. The van der Waals surface area contributed by atoms with Crippen LogP contribution in [0.25, 0.3) is 10.9 Å². The van der Waals surface area contributed by atoms with E-state index >= 15 is 0 Å². The van der Waals surface area contributed by atoms with Crippen molar-refractivity contribution >= 4 is 26.8 Å². The van der Waals surface area contributed by atoms with E-state index in [1.165, 1.54) is 18.5 Å². The molecule has 2 rings (SSSR count). The molecule has 0 radical (unpaired) electrons. The smallest absolute Gasteiger partial charge is 0.258 e. The highest BCUT2D eigenvalue weighted by molar-refractivity contribution is 9.10. The molecule has 0 amide bonds. The number of fused-ring (bicyclic) bond motifs is 1. The Kier molecular flexibility index (Phi) is 1.51. The van der Waals surface area contributed by atoms with Crippen LogP contribution in [0.3, 0.4) is 0 Å². The Morgan fingerprint density at radius 2 is 2.50 bits per heavy atom. The molecule has 72 valence electrons. The van der Waals surface area contributed by atoms with Crippen LogP contribution >= 0.6 is 15.9 Å². The van der Waals surface area contributed by atoms with E-state index in [2.05, 4.69) is 25.9 Å². The Morgan fingerprint density at radius 1 is 1.64 bits per heavy atom. The summed E-state index contributed by atoms with van der Waals surface area (Å²) >= 11 is 3.15. The normalized spacial score (nSPS) is 14.5. The Balaban J connectivity index is 2.60. The van der Waals surface area contributed by atoms with Crippen molar-refractivity contribution in [3.05, 3.63) is 33.3 Å². The molecule has 0 spiro atoms. The van der Waals surface area contributed by atoms with E-state index in [9.17, 15) is 4.79 Å². The number of aromatic nitrogens is 2. The fourth-order valence-corrected chi connectivity index (χ4v) is 1.57. The van der Waals surface area contributed by atoms with Gasteiger partial charge < -0.3 is 9.72 Å². The highest BCUT2D eigenvalue weighted by atomic mass is 79.9. The molecule has 0 saturated carbocycles. The third kappa shape index (κ3) is 1.39. The average Bonchev–Trinajstić information content (AvgIpc) is 2.19. The Labute approximate surface area is 92.3 Å². The van der Waals surface area contributed by atoms with Gasteiger partial charge in [0.15, 0.2) is 0 Å². The van der Waals surface area contributed by atoms with Crippen molar-refractivity contribution < 1.29 is 8.85 Å². The van der Waals surface area contributed by atoms with Crippen molar-refractivity contribution in [2.24, 2.45) is 0 Å². The maximum atomic E-state index is 11.5. The average molecular weight is 258 g/mol. The zero-order valence-corrected chi connectivity index (χ0v) is 8.46. The van der Waals surface area contributed by atoms with Crippen LogP contribution in [0, 0.1) is 0 Å². The highest BCUT2D eigenvalue weighted by Gasteiger charge is 2.05. The minimum atomic E-state index is -2.54. The molecule has 0 aliphatic heterocycles. The second-order valence-corrected chi connectivity index (χ2v) is 3.49. The molecule has 0 aliphatic carbocycles. The van der Waals surface area contributed by atoms with Crippen LogP contribution < -0.4 is 10.3 Å². The lowest BCUT2D eigenvalue weighted by atomic mass is 10.2. The number of ether oxygens (including phenoxy) is 1. The summed E-state index contributed by atoms with van der Waals surface area (Å²) in [5.74, 6) is 0.121. The Bertz CT molecular complexity index is 624. The van der Waals surface area contributed by atoms with E-state index in [0.29, 0.717) is 15.4 Å². The third-order valence-electron chi connectivity index (χ3n) is 1.80. The van der Waals surface area contributed by atoms with E-state index in [0.717, 1.165) is 0 Å². The van der Waals surface area contributed by atoms with Gasteiger partial charge in [0.2, 0.25) is 0 Å². The van der Waals surface area contributed by atoms with Crippen LogP contribution in [0.2, 0.25) is 0 Å². The largest absolute Gasteiger partial charge is 0.495 e. The van der Waals surface area contributed by atoms with Gasteiger partial charge in [-0.1, -0.05) is 0 Å². The minimum absolute atomic E-state index is 0.121. The summed E-state index contributed by atoms with van der Waals surface area (Å²) in [5.41, 5.74) is 0.0762. The van der Waals surface area contributed by atoms with Crippen molar-refractivity contribution in [1.82, 2.24) is 9.97 Å². The summed E-state index contributed by atoms with van der Waals surface area (Å²) in [6.07, 6.45) is 1.25. The molecule has 0 bridgehead atoms. The number of methoxy groups -OCH3 is 1. The number of H-pyrrole nitrogens is 1. The van der Waals surface area contributed by atoms with Crippen LogP contribution in [0.1, 0.15) is 4.11 Å². The number of aromatic amines is 1. The maximum absolute atomic E-state index is 11.5. The zero-order chi connectivity index (χ0) is 12.6. The van der Waals surface area contributed by atoms with Crippen LogP contribution in [0.5, 0.6) is 5.75 Å². The van der Waals surface area contributed by atoms with E-state index in [4.69, 9.17) is 8.85 Å². The summed E-state index contributed by atoms with van der Waals surface area (Å²) in [7, 11) is -2.54. The Morgan fingerprint density at radius 3 is 3.29 bits per heavy atom. The third-order valence-corrected chi connectivity index (χ3v) is 2.42. The first-order valence-electron chi connectivity index (χ1n) is 5.23. The molecule has 2 aromatic rings. The van der Waals surface area contributed by atoms with Gasteiger partial charge in [0, 0.05) is 6.07 Å². The van der Waals surface area contributed by atoms with E-state index in [1.807, 2.05) is 0 Å². The van der Waals surface area contributed by atoms with Crippen LogP contribution in [0.4, 0.5) is 0 Å². The number of rotatable bonds is 1. The van der Waals surface area contributed by atoms with Gasteiger partial charge in [-0.25, -0.2) is 4.98 Å². The highest BCUT2D eigenvalue weighted by Crippen LogP contribution is 2.27. The zero-order valence-electron chi connectivity index (χ0n) is 9.87. The molecule has 0 atom stereocenters. The molecule has 1 heterocycles. The topological polar surface area (TPSA) is 55.0 Å². The van der Waals surface area contributed by atoms with Gasteiger partial charge in [0.25, 0.3) is 5.56 Å². The summed E-state index contributed by atoms with van der Waals surface area (Å²) < 4.78 is 26.2. The second-order valence-electron chi connectivity index (χ2n) is 2.63. The molecule has 0 saturated heterocycles. The molecule has 0 aliphatic rings. The van der Waals surface area contributed by atoms with E-state index in [1.54, 1.807) is 0 Å². The molecule has 1 N–H and O–H groups in total. The monoisotopic (exact) mass is 257 g/mol. The summed E-state index contributed by atoms with van der Waals surface area (Å²) in [6, 6.07) is 2.88. The van der Waals surface area contributed by atoms with Gasteiger partial charge in [-0.15, -0.1) is 0 Å². The van der Waals surface area contributed by atoms with Crippen molar-refractivity contribution in [2.45, 2.75) is 0 Å². The number of nitrogens with zero attached hydrogens (tertiary/aromatic N) is 1. The standard InChI is InChI=1S/C9H7BrN2O2/c1-14-8-3-7-5(2-6(8)10)9(13)12-4-11-7/h2-4H,1H3,(H,11,12,13)/i1D3. The van der Waals surface area contributed by atoms with Crippen LogP contribution in [0.15, 0.2) is 27.7 Å². The molecule has 0 unspecified atom stereocenters. The summed E-state index contributed by atoms with van der Waals surface area (Å²) in [6.45, 7) is 0. The van der Waals surface area contributed by atoms with Gasteiger partial charge in [-0.3, -0.25) is 4.79 Å². The van der Waals surface area contributed by atoms with Crippen LogP contribution in [-0.4, -0.2) is 17.0 Å². The molecular formula is C9H7BrN2O2. The fraction of sp³-hybridized carbons (Fsp3) is 0.111. The number of halogens is 1. The van der Waals surface area contributed by atoms with Crippen molar-refractivity contribution in [2.75, 3.05) is 7.04 Å². The number of benzene rings is 1. The molecular weight excluding hydrogens is 248 g/mol. The molecule has 1 aromatic heterocycles.